The Hall–Kier alpha value is -2.65. The number of carbonyl (C=O) groups excluding carboxylic acids is 1. The van der Waals surface area contributed by atoms with Crippen molar-refractivity contribution in [3.05, 3.63) is 78.4 Å². The van der Waals surface area contributed by atoms with E-state index in [-0.39, 0.29) is 18.0 Å². The fraction of sp³-hybridized carbons (Fsp3) is 0.190. The molecule has 3 aromatic rings. The van der Waals surface area contributed by atoms with E-state index in [9.17, 15) is 4.79 Å². The summed E-state index contributed by atoms with van der Waals surface area (Å²) in [4.78, 5) is 12.4. The molecule has 0 bridgehead atoms. The smallest absolute Gasteiger partial charge is 0.241 e. The Morgan fingerprint density at radius 3 is 2.25 bits per heavy atom. The normalized spacial score (nSPS) is 13.4. The molecule has 1 amide bonds. The van der Waals surface area contributed by atoms with Crippen LogP contribution in [0.5, 0.6) is 0 Å². The van der Waals surface area contributed by atoms with Gasteiger partial charge in [0.15, 0.2) is 0 Å². The summed E-state index contributed by atoms with van der Waals surface area (Å²) in [6.45, 7) is 3.95. The van der Waals surface area contributed by atoms with Gasteiger partial charge in [-0.05, 0) is 42.3 Å². The first kappa shape index (κ1) is 16.2. The Balaban J connectivity index is 1.64. The fourth-order valence-corrected chi connectivity index (χ4v) is 2.81. The Bertz CT molecular complexity index is 829. The molecule has 3 rings (SSSR count). The second kappa shape index (κ2) is 7.28. The highest BCUT2D eigenvalue weighted by atomic mass is 16.2. The summed E-state index contributed by atoms with van der Waals surface area (Å²) >= 11 is 0. The third kappa shape index (κ3) is 3.81. The molecule has 24 heavy (non-hydrogen) atoms. The standard InChI is InChI=1S/C21H22N2O/c1-15(17-8-4-3-5-9-17)22-16(2)21(24)23-20-13-12-18-10-6-7-11-19(18)14-20/h3-16,22H,1-2H3,(H,23,24)/t15-,16+/m0/s1. The van der Waals surface area contributed by atoms with E-state index in [1.807, 2.05) is 61.5 Å². The van der Waals surface area contributed by atoms with Crippen molar-refractivity contribution in [2.24, 2.45) is 0 Å². The lowest BCUT2D eigenvalue weighted by atomic mass is 10.1. The first-order chi connectivity index (χ1) is 11.6. The van der Waals surface area contributed by atoms with Gasteiger partial charge >= 0.3 is 0 Å². The number of amides is 1. The van der Waals surface area contributed by atoms with Crippen molar-refractivity contribution in [2.75, 3.05) is 5.32 Å². The van der Waals surface area contributed by atoms with E-state index in [0.717, 1.165) is 11.1 Å². The molecule has 122 valence electrons. The molecule has 0 aliphatic rings. The predicted octanol–water partition coefficient (Wildman–Crippen LogP) is 4.52. The van der Waals surface area contributed by atoms with Crippen LogP contribution in [0.3, 0.4) is 0 Å². The summed E-state index contributed by atoms with van der Waals surface area (Å²) < 4.78 is 0. The van der Waals surface area contributed by atoms with Crippen LogP contribution in [0, 0.1) is 0 Å². The third-order valence-corrected chi connectivity index (χ3v) is 4.21. The van der Waals surface area contributed by atoms with Crippen molar-refractivity contribution in [2.45, 2.75) is 25.9 Å². The third-order valence-electron chi connectivity index (χ3n) is 4.21. The minimum absolute atomic E-state index is 0.0342. The van der Waals surface area contributed by atoms with Crippen molar-refractivity contribution in [1.82, 2.24) is 5.32 Å². The fourth-order valence-electron chi connectivity index (χ4n) is 2.81. The molecule has 0 saturated heterocycles. The molecule has 0 radical (unpaired) electrons. The molecule has 3 nitrogen and oxygen atoms in total. The van der Waals surface area contributed by atoms with E-state index >= 15 is 0 Å². The molecular formula is C21H22N2O. The summed E-state index contributed by atoms with van der Waals surface area (Å²) in [7, 11) is 0. The van der Waals surface area contributed by atoms with Crippen LogP contribution in [-0.4, -0.2) is 11.9 Å². The zero-order valence-corrected chi connectivity index (χ0v) is 14.0. The van der Waals surface area contributed by atoms with E-state index in [0.29, 0.717) is 0 Å². The maximum atomic E-state index is 12.4. The molecule has 0 aromatic heterocycles. The first-order valence-corrected chi connectivity index (χ1v) is 8.24. The van der Waals surface area contributed by atoms with Crippen LogP contribution in [-0.2, 0) is 4.79 Å². The molecule has 0 fully saturated rings. The molecule has 0 aliphatic heterocycles. The molecule has 3 heteroatoms. The summed E-state index contributed by atoms with van der Waals surface area (Å²) in [6, 6.07) is 24.0. The second-order valence-corrected chi connectivity index (χ2v) is 6.07. The summed E-state index contributed by atoms with van der Waals surface area (Å²) in [5.41, 5.74) is 1.99. The average molecular weight is 318 g/mol. The number of nitrogens with one attached hydrogen (secondary N) is 2. The maximum Gasteiger partial charge on any atom is 0.241 e. The lowest BCUT2D eigenvalue weighted by molar-refractivity contribution is -0.117. The highest BCUT2D eigenvalue weighted by Crippen LogP contribution is 2.19. The van der Waals surface area contributed by atoms with Gasteiger partial charge in [0.2, 0.25) is 5.91 Å². The van der Waals surface area contributed by atoms with Crippen LogP contribution >= 0.6 is 0 Å². The summed E-state index contributed by atoms with van der Waals surface area (Å²) in [6.07, 6.45) is 0. The minimum atomic E-state index is -0.285. The predicted molar refractivity (Wildman–Crippen MR) is 100 cm³/mol. The zero-order chi connectivity index (χ0) is 16.9. The lowest BCUT2D eigenvalue weighted by Crippen LogP contribution is -2.39. The van der Waals surface area contributed by atoms with Crippen LogP contribution in [0.4, 0.5) is 5.69 Å². The zero-order valence-electron chi connectivity index (χ0n) is 14.0. The van der Waals surface area contributed by atoms with Gasteiger partial charge in [-0.25, -0.2) is 0 Å². The first-order valence-electron chi connectivity index (χ1n) is 8.24. The number of fused-ring (bicyclic) bond motifs is 1. The van der Waals surface area contributed by atoms with Crippen LogP contribution in [0.15, 0.2) is 72.8 Å². The topological polar surface area (TPSA) is 41.1 Å². The molecular weight excluding hydrogens is 296 g/mol. The number of hydrogen-bond acceptors (Lipinski definition) is 2. The van der Waals surface area contributed by atoms with Gasteiger partial charge in [0.1, 0.15) is 0 Å². The molecule has 0 saturated carbocycles. The number of anilines is 1. The molecule has 0 spiro atoms. The molecule has 2 N–H and O–H groups in total. The van der Waals surface area contributed by atoms with Gasteiger partial charge in [-0.1, -0.05) is 60.7 Å². The number of rotatable bonds is 5. The molecule has 2 atom stereocenters. The average Bonchev–Trinajstić information content (AvgIpc) is 2.62. The highest BCUT2D eigenvalue weighted by Gasteiger charge is 2.16. The van der Waals surface area contributed by atoms with Crippen LogP contribution < -0.4 is 10.6 Å². The SMILES string of the molecule is C[C@H](N[C@H](C)C(=O)Nc1ccc2ccccc2c1)c1ccccc1. The van der Waals surface area contributed by atoms with Gasteiger partial charge in [0, 0.05) is 11.7 Å². The van der Waals surface area contributed by atoms with Gasteiger partial charge in [-0.15, -0.1) is 0 Å². The Morgan fingerprint density at radius 2 is 1.50 bits per heavy atom. The second-order valence-electron chi connectivity index (χ2n) is 6.07. The summed E-state index contributed by atoms with van der Waals surface area (Å²) in [5, 5.41) is 8.62. The molecule has 3 aromatic carbocycles. The van der Waals surface area contributed by atoms with Crippen molar-refractivity contribution < 1.29 is 4.79 Å². The van der Waals surface area contributed by atoms with Gasteiger partial charge in [0.05, 0.1) is 6.04 Å². The summed E-state index contributed by atoms with van der Waals surface area (Å²) in [5.74, 6) is -0.0342. The van der Waals surface area contributed by atoms with Crippen molar-refractivity contribution in [1.29, 1.82) is 0 Å². The highest BCUT2D eigenvalue weighted by molar-refractivity contribution is 5.97. The van der Waals surface area contributed by atoms with Crippen LogP contribution in [0.1, 0.15) is 25.5 Å². The van der Waals surface area contributed by atoms with Gasteiger partial charge in [-0.2, -0.15) is 0 Å². The van der Waals surface area contributed by atoms with E-state index in [2.05, 4.69) is 35.8 Å². The number of carbonyl (C=O) groups is 1. The Kier molecular flexibility index (Phi) is 4.92. The molecule has 0 aliphatic carbocycles. The molecule has 0 heterocycles. The van der Waals surface area contributed by atoms with Gasteiger partial charge in [-0.3, -0.25) is 10.1 Å². The molecule has 0 unspecified atom stereocenters. The quantitative estimate of drug-likeness (QED) is 0.726. The van der Waals surface area contributed by atoms with Crippen molar-refractivity contribution in [3.63, 3.8) is 0 Å². The maximum absolute atomic E-state index is 12.4. The van der Waals surface area contributed by atoms with E-state index in [1.165, 1.54) is 10.9 Å². The van der Waals surface area contributed by atoms with Gasteiger partial charge < -0.3 is 5.32 Å². The monoisotopic (exact) mass is 318 g/mol. The number of hydrogen-bond donors (Lipinski definition) is 2. The van der Waals surface area contributed by atoms with E-state index in [4.69, 9.17) is 0 Å². The Morgan fingerprint density at radius 1 is 0.833 bits per heavy atom. The van der Waals surface area contributed by atoms with Crippen LogP contribution in [0.25, 0.3) is 10.8 Å². The van der Waals surface area contributed by atoms with Crippen LogP contribution in [0.2, 0.25) is 0 Å². The van der Waals surface area contributed by atoms with Crippen molar-refractivity contribution >= 4 is 22.4 Å². The van der Waals surface area contributed by atoms with Gasteiger partial charge in [0.25, 0.3) is 0 Å². The minimum Gasteiger partial charge on any atom is -0.325 e. The number of benzene rings is 3. The lowest BCUT2D eigenvalue weighted by Gasteiger charge is -2.20. The van der Waals surface area contributed by atoms with E-state index in [1.54, 1.807) is 0 Å². The van der Waals surface area contributed by atoms with Crippen molar-refractivity contribution in [3.8, 4) is 0 Å². The Labute approximate surface area is 142 Å². The van der Waals surface area contributed by atoms with E-state index < -0.39 is 0 Å². The largest absolute Gasteiger partial charge is 0.325 e.